The Balaban J connectivity index is 1.54. The van der Waals surface area contributed by atoms with Crippen molar-refractivity contribution >= 4 is 17.3 Å². The fourth-order valence-corrected chi connectivity index (χ4v) is 3.30. The zero-order valence-electron chi connectivity index (χ0n) is 9.39. The SMILES string of the molecule is S=C(N[C@@H]1C[C@H]2C=C[C@H]1C2)N1CCOCC1. The van der Waals surface area contributed by atoms with E-state index in [-0.39, 0.29) is 0 Å². The number of fused-ring (bicyclic) bond motifs is 2. The zero-order valence-corrected chi connectivity index (χ0v) is 10.2. The molecule has 1 aliphatic heterocycles. The van der Waals surface area contributed by atoms with E-state index in [1.165, 1.54) is 12.8 Å². The van der Waals surface area contributed by atoms with Gasteiger partial charge < -0.3 is 15.0 Å². The van der Waals surface area contributed by atoms with Crippen molar-refractivity contribution in [3.8, 4) is 0 Å². The molecule has 3 nitrogen and oxygen atoms in total. The molecule has 2 bridgehead atoms. The van der Waals surface area contributed by atoms with Crippen LogP contribution in [-0.4, -0.2) is 42.4 Å². The largest absolute Gasteiger partial charge is 0.378 e. The Hall–Kier alpha value is -0.610. The Bertz CT molecular complexity index is 312. The lowest BCUT2D eigenvalue weighted by atomic mass is 10.0. The van der Waals surface area contributed by atoms with Crippen LogP contribution in [0.3, 0.4) is 0 Å². The monoisotopic (exact) mass is 238 g/mol. The second-order valence-electron chi connectivity index (χ2n) is 4.94. The maximum absolute atomic E-state index is 5.46. The minimum Gasteiger partial charge on any atom is -0.378 e. The highest BCUT2D eigenvalue weighted by Gasteiger charge is 2.36. The molecule has 0 aromatic carbocycles. The van der Waals surface area contributed by atoms with Crippen LogP contribution in [0.25, 0.3) is 0 Å². The Kier molecular flexibility index (Phi) is 2.86. The molecule has 0 amide bonds. The van der Waals surface area contributed by atoms with E-state index in [4.69, 9.17) is 17.0 Å². The first kappa shape index (κ1) is 10.5. The molecule has 88 valence electrons. The van der Waals surface area contributed by atoms with E-state index < -0.39 is 0 Å². The van der Waals surface area contributed by atoms with Crippen molar-refractivity contribution in [1.82, 2.24) is 10.2 Å². The number of nitrogens with one attached hydrogen (secondary N) is 1. The summed E-state index contributed by atoms with van der Waals surface area (Å²) in [7, 11) is 0. The maximum Gasteiger partial charge on any atom is 0.169 e. The number of thiocarbonyl (C=S) groups is 1. The van der Waals surface area contributed by atoms with Crippen LogP contribution in [0.5, 0.6) is 0 Å². The predicted octanol–water partition coefficient (Wildman–Crippen LogP) is 1.16. The summed E-state index contributed by atoms with van der Waals surface area (Å²) >= 11 is 5.46. The normalized spacial score (nSPS) is 36.8. The Labute approximate surface area is 102 Å². The number of ether oxygens (including phenoxy) is 1. The van der Waals surface area contributed by atoms with Crippen molar-refractivity contribution < 1.29 is 4.74 Å². The van der Waals surface area contributed by atoms with Gasteiger partial charge in [0.25, 0.3) is 0 Å². The fraction of sp³-hybridized carbons (Fsp3) is 0.750. The van der Waals surface area contributed by atoms with Crippen LogP contribution in [0.15, 0.2) is 12.2 Å². The van der Waals surface area contributed by atoms with Gasteiger partial charge in [0.15, 0.2) is 5.11 Å². The third-order valence-corrected chi connectivity index (χ3v) is 4.26. The molecule has 0 aromatic heterocycles. The van der Waals surface area contributed by atoms with E-state index >= 15 is 0 Å². The topological polar surface area (TPSA) is 24.5 Å². The summed E-state index contributed by atoms with van der Waals surface area (Å²) < 4.78 is 5.33. The van der Waals surface area contributed by atoms with Crippen LogP contribution < -0.4 is 5.32 Å². The first-order valence-corrected chi connectivity index (χ1v) is 6.55. The zero-order chi connectivity index (χ0) is 11.0. The maximum atomic E-state index is 5.46. The molecular formula is C12H18N2OS. The standard InChI is InChI=1S/C12H18N2OS/c16-12(14-3-5-15-6-4-14)13-11-8-9-1-2-10(11)7-9/h1-2,9-11H,3-8H2,(H,13,16)/t9-,10-,11+/m0/s1. The molecule has 1 N–H and O–H groups in total. The van der Waals surface area contributed by atoms with Crippen LogP contribution in [0.1, 0.15) is 12.8 Å². The van der Waals surface area contributed by atoms with E-state index in [0.29, 0.717) is 12.0 Å². The number of rotatable bonds is 1. The first-order chi connectivity index (χ1) is 7.83. The number of nitrogens with zero attached hydrogens (tertiary/aromatic N) is 1. The summed E-state index contributed by atoms with van der Waals surface area (Å²) in [5.41, 5.74) is 0. The van der Waals surface area contributed by atoms with Gasteiger partial charge >= 0.3 is 0 Å². The number of hydrogen-bond acceptors (Lipinski definition) is 2. The van der Waals surface area contributed by atoms with Crippen molar-refractivity contribution in [2.24, 2.45) is 11.8 Å². The van der Waals surface area contributed by atoms with Crippen LogP contribution >= 0.6 is 12.2 Å². The lowest BCUT2D eigenvalue weighted by Gasteiger charge is -2.32. The van der Waals surface area contributed by atoms with Gasteiger partial charge in [-0.2, -0.15) is 0 Å². The van der Waals surface area contributed by atoms with Crippen LogP contribution in [0.4, 0.5) is 0 Å². The number of hydrogen-bond donors (Lipinski definition) is 1. The molecule has 2 aliphatic carbocycles. The molecule has 16 heavy (non-hydrogen) atoms. The van der Waals surface area contributed by atoms with Gasteiger partial charge in [-0.05, 0) is 36.9 Å². The number of morpholine rings is 1. The molecule has 3 aliphatic rings. The number of allylic oxidation sites excluding steroid dienone is 1. The van der Waals surface area contributed by atoms with Gasteiger partial charge in [-0.3, -0.25) is 0 Å². The van der Waals surface area contributed by atoms with Gasteiger partial charge in [-0.1, -0.05) is 12.2 Å². The van der Waals surface area contributed by atoms with E-state index in [2.05, 4.69) is 22.4 Å². The highest BCUT2D eigenvalue weighted by molar-refractivity contribution is 7.80. The Morgan fingerprint density at radius 1 is 1.25 bits per heavy atom. The second-order valence-corrected chi connectivity index (χ2v) is 5.32. The van der Waals surface area contributed by atoms with E-state index in [9.17, 15) is 0 Å². The first-order valence-electron chi connectivity index (χ1n) is 6.14. The lowest BCUT2D eigenvalue weighted by molar-refractivity contribution is 0.0673. The highest BCUT2D eigenvalue weighted by Crippen LogP contribution is 2.38. The van der Waals surface area contributed by atoms with E-state index in [1.54, 1.807) is 0 Å². The molecule has 1 saturated carbocycles. The minimum atomic E-state index is 0.574. The molecule has 2 fully saturated rings. The van der Waals surface area contributed by atoms with Gasteiger partial charge in [-0.25, -0.2) is 0 Å². The van der Waals surface area contributed by atoms with Crippen LogP contribution in [-0.2, 0) is 4.74 Å². The molecule has 3 rings (SSSR count). The average Bonchev–Trinajstić information content (AvgIpc) is 2.92. The smallest absolute Gasteiger partial charge is 0.169 e. The quantitative estimate of drug-likeness (QED) is 0.547. The summed E-state index contributed by atoms with van der Waals surface area (Å²) in [5.74, 6) is 1.51. The molecule has 0 radical (unpaired) electrons. The molecule has 0 unspecified atom stereocenters. The fourth-order valence-electron chi connectivity index (χ4n) is 2.96. The molecule has 0 spiro atoms. The van der Waals surface area contributed by atoms with Crippen molar-refractivity contribution in [1.29, 1.82) is 0 Å². The Morgan fingerprint density at radius 2 is 2.06 bits per heavy atom. The van der Waals surface area contributed by atoms with Gasteiger partial charge in [0.2, 0.25) is 0 Å². The highest BCUT2D eigenvalue weighted by atomic mass is 32.1. The van der Waals surface area contributed by atoms with Gasteiger partial charge in [-0.15, -0.1) is 0 Å². The third-order valence-electron chi connectivity index (χ3n) is 3.89. The summed E-state index contributed by atoms with van der Waals surface area (Å²) in [6.07, 6.45) is 7.30. The molecule has 1 saturated heterocycles. The van der Waals surface area contributed by atoms with Crippen molar-refractivity contribution in [2.75, 3.05) is 26.3 Å². The molecular weight excluding hydrogens is 220 g/mol. The van der Waals surface area contributed by atoms with Crippen molar-refractivity contribution in [3.05, 3.63) is 12.2 Å². The molecule has 3 atom stereocenters. The summed E-state index contributed by atoms with van der Waals surface area (Å²) in [4.78, 5) is 2.23. The van der Waals surface area contributed by atoms with Gasteiger partial charge in [0.05, 0.1) is 13.2 Å². The van der Waals surface area contributed by atoms with Crippen molar-refractivity contribution in [3.63, 3.8) is 0 Å². The second kappa shape index (κ2) is 4.34. The predicted molar refractivity (Wildman–Crippen MR) is 67.3 cm³/mol. The third kappa shape index (κ3) is 1.96. The van der Waals surface area contributed by atoms with Crippen molar-refractivity contribution in [2.45, 2.75) is 18.9 Å². The van der Waals surface area contributed by atoms with Gasteiger partial charge in [0, 0.05) is 19.1 Å². The van der Waals surface area contributed by atoms with Crippen LogP contribution in [0.2, 0.25) is 0 Å². The van der Waals surface area contributed by atoms with Gasteiger partial charge in [0.1, 0.15) is 0 Å². The summed E-state index contributed by atoms with van der Waals surface area (Å²) in [6, 6.07) is 0.574. The van der Waals surface area contributed by atoms with E-state index in [0.717, 1.165) is 37.3 Å². The lowest BCUT2D eigenvalue weighted by Crippen LogP contribution is -2.49. The minimum absolute atomic E-state index is 0.574. The molecule has 0 aromatic rings. The summed E-state index contributed by atoms with van der Waals surface area (Å²) in [6.45, 7) is 3.47. The molecule has 1 heterocycles. The average molecular weight is 238 g/mol. The van der Waals surface area contributed by atoms with E-state index in [1.807, 2.05) is 0 Å². The Morgan fingerprint density at radius 3 is 2.69 bits per heavy atom. The molecule has 4 heteroatoms. The van der Waals surface area contributed by atoms with Crippen LogP contribution in [0, 0.1) is 11.8 Å². The summed E-state index contributed by atoms with van der Waals surface area (Å²) in [5, 5.41) is 4.46.